The Balaban J connectivity index is 0.00000288. The molecule has 0 aliphatic carbocycles. The molecule has 0 saturated carbocycles. The molecule has 0 bridgehead atoms. The van der Waals surface area contributed by atoms with E-state index in [1.807, 2.05) is 41.8 Å². The molecule has 1 amide bonds. The van der Waals surface area contributed by atoms with Gasteiger partial charge in [-0.3, -0.25) is 4.79 Å². The molecular weight excluding hydrogens is 435 g/mol. The highest BCUT2D eigenvalue weighted by atomic mass is 127. The Morgan fingerprint density at radius 3 is 2.50 bits per heavy atom. The number of carbonyl (C=O) groups is 1. The van der Waals surface area contributed by atoms with Crippen molar-refractivity contribution in [2.75, 3.05) is 19.6 Å². The number of nitrogens with zero attached hydrogens (tertiary/aromatic N) is 1. The van der Waals surface area contributed by atoms with Gasteiger partial charge in [-0.25, -0.2) is 4.99 Å². The number of carbonyl (C=O) groups excluding carboxylic acids is 1. The van der Waals surface area contributed by atoms with Crippen LogP contribution >= 0.6 is 35.3 Å². The Kier molecular flexibility index (Phi) is 10.1. The third kappa shape index (κ3) is 8.30. The third-order valence-electron chi connectivity index (χ3n) is 3.23. The number of benzene rings is 1. The number of guanidine groups is 1. The molecule has 7 heteroatoms. The van der Waals surface area contributed by atoms with E-state index in [-0.39, 0.29) is 36.4 Å². The molecule has 0 radical (unpaired) electrons. The Labute approximate surface area is 163 Å². The van der Waals surface area contributed by atoms with Crippen LogP contribution < -0.4 is 16.4 Å². The zero-order valence-electron chi connectivity index (χ0n) is 13.4. The highest BCUT2D eigenvalue weighted by molar-refractivity contribution is 14.0. The van der Waals surface area contributed by atoms with Gasteiger partial charge >= 0.3 is 0 Å². The van der Waals surface area contributed by atoms with Crippen LogP contribution in [0.5, 0.6) is 0 Å². The standard InChI is InChI=1S/C17H22N4OS.HI/c18-17(20-11-9-15-7-4-12-23-15)21-13-16(22)19-10-8-14-5-2-1-3-6-14;/h1-7,12H,8-11,13H2,(H,19,22)(H3,18,20,21);1H. The van der Waals surface area contributed by atoms with Gasteiger partial charge in [0.05, 0.1) is 0 Å². The lowest BCUT2D eigenvalue weighted by Gasteiger charge is -2.06. The second-order valence-corrected chi connectivity index (χ2v) is 6.08. The molecule has 0 saturated heterocycles. The Morgan fingerprint density at radius 2 is 1.79 bits per heavy atom. The number of hydrogen-bond acceptors (Lipinski definition) is 3. The second kappa shape index (κ2) is 11.9. The molecule has 0 aliphatic rings. The van der Waals surface area contributed by atoms with Crippen LogP contribution in [0, 0.1) is 0 Å². The van der Waals surface area contributed by atoms with E-state index in [9.17, 15) is 4.79 Å². The van der Waals surface area contributed by atoms with Crippen LogP contribution in [-0.2, 0) is 17.6 Å². The van der Waals surface area contributed by atoms with Crippen LogP contribution in [-0.4, -0.2) is 31.5 Å². The van der Waals surface area contributed by atoms with Crippen molar-refractivity contribution in [1.29, 1.82) is 0 Å². The topological polar surface area (TPSA) is 79.5 Å². The molecule has 1 aromatic carbocycles. The minimum atomic E-state index is -0.121. The maximum atomic E-state index is 11.7. The zero-order chi connectivity index (χ0) is 16.3. The van der Waals surface area contributed by atoms with Gasteiger partial charge in [-0.15, -0.1) is 35.3 Å². The summed E-state index contributed by atoms with van der Waals surface area (Å²) in [6, 6.07) is 14.1. The molecule has 0 aliphatic heterocycles. The molecule has 5 nitrogen and oxygen atoms in total. The van der Waals surface area contributed by atoms with Crippen LogP contribution in [0.4, 0.5) is 0 Å². The van der Waals surface area contributed by atoms with E-state index in [1.54, 1.807) is 11.3 Å². The minimum Gasteiger partial charge on any atom is -0.370 e. The van der Waals surface area contributed by atoms with Crippen molar-refractivity contribution < 1.29 is 4.79 Å². The van der Waals surface area contributed by atoms with Crippen molar-refractivity contribution in [2.24, 2.45) is 10.7 Å². The van der Waals surface area contributed by atoms with E-state index in [2.05, 4.69) is 21.7 Å². The van der Waals surface area contributed by atoms with E-state index in [4.69, 9.17) is 5.73 Å². The Bertz CT molecular complexity index is 617. The molecule has 1 heterocycles. The van der Waals surface area contributed by atoms with Gasteiger partial charge in [-0.05, 0) is 29.9 Å². The maximum absolute atomic E-state index is 11.7. The van der Waals surface area contributed by atoms with Crippen LogP contribution in [0.3, 0.4) is 0 Å². The molecule has 2 rings (SSSR count). The number of rotatable bonds is 8. The van der Waals surface area contributed by atoms with Gasteiger partial charge in [0, 0.05) is 18.0 Å². The van der Waals surface area contributed by atoms with Crippen molar-refractivity contribution in [3.63, 3.8) is 0 Å². The monoisotopic (exact) mass is 458 g/mol. The molecule has 1 aromatic heterocycles. The largest absolute Gasteiger partial charge is 0.370 e. The van der Waals surface area contributed by atoms with Crippen LogP contribution in [0.15, 0.2) is 52.8 Å². The van der Waals surface area contributed by atoms with Crippen molar-refractivity contribution >= 4 is 47.2 Å². The fourth-order valence-electron chi connectivity index (χ4n) is 2.03. The lowest BCUT2D eigenvalue weighted by Crippen LogP contribution is -2.35. The quantitative estimate of drug-likeness (QED) is 0.322. The molecule has 0 atom stereocenters. The number of thiophene rings is 1. The Morgan fingerprint density at radius 1 is 1.04 bits per heavy atom. The number of hydrogen-bond donors (Lipinski definition) is 3. The number of nitrogens with one attached hydrogen (secondary N) is 2. The van der Waals surface area contributed by atoms with E-state index < -0.39 is 0 Å². The van der Waals surface area contributed by atoms with Crippen LogP contribution in [0.25, 0.3) is 0 Å². The molecule has 0 unspecified atom stereocenters. The van der Waals surface area contributed by atoms with Gasteiger partial charge in [0.1, 0.15) is 6.54 Å². The van der Waals surface area contributed by atoms with Crippen LogP contribution in [0.1, 0.15) is 10.4 Å². The lowest BCUT2D eigenvalue weighted by molar-refractivity contribution is -0.119. The fraction of sp³-hybridized carbons (Fsp3) is 0.294. The van der Waals surface area contributed by atoms with E-state index in [0.717, 1.165) is 12.8 Å². The van der Waals surface area contributed by atoms with E-state index in [1.165, 1.54) is 10.4 Å². The molecule has 0 fully saturated rings. The summed E-state index contributed by atoms with van der Waals surface area (Å²) in [5.74, 6) is 0.184. The molecule has 130 valence electrons. The summed E-state index contributed by atoms with van der Waals surface area (Å²) in [6.07, 6.45) is 1.71. The van der Waals surface area contributed by atoms with Gasteiger partial charge in [-0.1, -0.05) is 36.4 Å². The number of nitrogens with two attached hydrogens (primary N) is 1. The van der Waals surface area contributed by atoms with Crippen molar-refractivity contribution in [2.45, 2.75) is 12.8 Å². The van der Waals surface area contributed by atoms with Crippen molar-refractivity contribution in [3.8, 4) is 0 Å². The fourth-order valence-corrected chi connectivity index (χ4v) is 2.74. The van der Waals surface area contributed by atoms with Gasteiger partial charge < -0.3 is 16.4 Å². The summed E-state index contributed by atoms with van der Waals surface area (Å²) in [5.41, 5.74) is 6.94. The summed E-state index contributed by atoms with van der Waals surface area (Å²) >= 11 is 1.72. The first kappa shape index (κ1) is 20.4. The van der Waals surface area contributed by atoms with E-state index in [0.29, 0.717) is 19.0 Å². The highest BCUT2D eigenvalue weighted by Crippen LogP contribution is 2.07. The highest BCUT2D eigenvalue weighted by Gasteiger charge is 2.01. The van der Waals surface area contributed by atoms with Gasteiger partial charge in [0.2, 0.25) is 5.91 Å². The Hall–Kier alpha value is -1.61. The summed E-state index contributed by atoms with van der Waals surface area (Å²) in [4.78, 5) is 17.0. The second-order valence-electron chi connectivity index (χ2n) is 5.04. The van der Waals surface area contributed by atoms with Gasteiger partial charge in [-0.2, -0.15) is 0 Å². The number of amides is 1. The first-order valence-corrected chi connectivity index (χ1v) is 8.49. The van der Waals surface area contributed by atoms with E-state index >= 15 is 0 Å². The first-order valence-electron chi connectivity index (χ1n) is 7.61. The lowest BCUT2D eigenvalue weighted by atomic mass is 10.1. The molecular formula is C17H23IN4OS. The number of aliphatic imine (C=N–C) groups is 1. The molecule has 0 spiro atoms. The predicted molar refractivity (Wildman–Crippen MR) is 111 cm³/mol. The number of halogens is 1. The molecule has 24 heavy (non-hydrogen) atoms. The van der Waals surface area contributed by atoms with Crippen molar-refractivity contribution in [1.82, 2.24) is 10.6 Å². The normalized spacial score (nSPS) is 10.8. The molecule has 4 N–H and O–H groups in total. The van der Waals surface area contributed by atoms with Gasteiger partial charge in [0.25, 0.3) is 0 Å². The first-order chi connectivity index (χ1) is 11.2. The molecule has 2 aromatic rings. The van der Waals surface area contributed by atoms with Gasteiger partial charge in [0.15, 0.2) is 5.96 Å². The minimum absolute atomic E-state index is 0. The SMILES string of the molecule is I.NC(=NCC(=O)NCCc1ccccc1)NCCc1cccs1. The summed E-state index contributed by atoms with van der Waals surface area (Å²) < 4.78 is 0. The smallest absolute Gasteiger partial charge is 0.241 e. The summed E-state index contributed by atoms with van der Waals surface area (Å²) in [6.45, 7) is 1.36. The predicted octanol–water partition coefficient (Wildman–Crippen LogP) is 2.17. The summed E-state index contributed by atoms with van der Waals surface area (Å²) in [5, 5.41) is 7.90. The van der Waals surface area contributed by atoms with Crippen LogP contribution in [0.2, 0.25) is 0 Å². The average molecular weight is 458 g/mol. The maximum Gasteiger partial charge on any atom is 0.241 e. The third-order valence-corrected chi connectivity index (χ3v) is 4.17. The summed E-state index contributed by atoms with van der Waals surface area (Å²) in [7, 11) is 0. The average Bonchev–Trinajstić information content (AvgIpc) is 3.07. The van der Waals surface area contributed by atoms with Crippen molar-refractivity contribution in [3.05, 3.63) is 58.3 Å². The zero-order valence-corrected chi connectivity index (χ0v) is 16.6.